The maximum atomic E-state index is 12.7. The van der Waals surface area contributed by atoms with E-state index < -0.39 is 30.6 Å². The maximum absolute atomic E-state index is 12.7. The molecule has 2 N–H and O–H groups in total. The van der Waals surface area contributed by atoms with Crippen LogP contribution in [0.3, 0.4) is 0 Å². The molecule has 0 fully saturated rings. The van der Waals surface area contributed by atoms with Crippen LogP contribution in [0.25, 0.3) is 0 Å². The van der Waals surface area contributed by atoms with Gasteiger partial charge in [0.1, 0.15) is 18.7 Å². The van der Waals surface area contributed by atoms with Crippen LogP contribution >= 0.6 is 0 Å². The largest absolute Gasteiger partial charge is 0.464 e. The van der Waals surface area contributed by atoms with Gasteiger partial charge in [-0.3, -0.25) is 0 Å². The van der Waals surface area contributed by atoms with Crippen molar-refractivity contribution in [3.63, 3.8) is 0 Å². The van der Waals surface area contributed by atoms with Gasteiger partial charge in [0.15, 0.2) is 0 Å². The molecule has 0 aromatic heterocycles. The van der Waals surface area contributed by atoms with Crippen molar-refractivity contribution in [3.8, 4) is 107 Å². The molecule has 0 radical (unpaired) electrons. The number of hydrogen-bond donors (Lipinski definition) is 2. The molecule has 0 bridgehead atoms. The lowest BCUT2D eigenvalue weighted by molar-refractivity contribution is -0.146. The minimum atomic E-state index is -0.935. The summed E-state index contributed by atoms with van der Waals surface area (Å²) in [7, 11) is 0. The van der Waals surface area contributed by atoms with Crippen LogP contribution in [-0.2, 0) is 25.5 Å². The summed E-state index contributed by atoms with van der Waals surface area (Å²) in [6.45, 7) is 1.95. The Labute approximate surface area is 266 Å². The second-order valence-corrected chi connectivity index (χ2v) is 8.60. The first-order valence-corrected chi connectivity index (χ1v) is 14.0. The fraction of sp³-hybridized carbons (Fsp3) is 0.289. The molecule has 1 rings (SSSR count). The van der Waals surface area contributed by atoms with Crippen molar-refractivity contribution in [1.29, 1.82) is 0 Å². The Kier molecular flexibility index (Phi) is 21.4. The Hall–Kier alpha value is -6.53. The Bertz CT molecular complexity index is 1710. The average Bonchev–Trinajstić information content (AvgIpc) is 3.05. The highest BCUT2D eigenvalue weighted by atomic mass is 16.5. The molecule has 45 heavy (non-hydrogen) atoms. The number of nitrogens with one attached hydrogen (secondary N) is 2. The number of amides is 2. The van der Waals surface area contributed by atoms with E-state index in [0.717, 1.165) is 37.7 Å². The topological polar surface area (TPSA) is 93.7 Å². The summed E-state index contributed by atoms with van der Waals surface area (Å²) in [6, 6.07) is 7.56. The molecular weight excluding hydrogens is 564 g/mol. The summed E-state index contributed by atoms with van der Waals surface area (Å²) in [5, 5.41) is 4.91. The van der Waals surface area contributed by atoms with Crippen molar-refractivity contribution in [2.75, 3.05) is 13.2 Å². The molecule has 7 heteroatoms. The second-order valence-electron chi connectivity index (χ2n) is 8.60. The van der Waals surface area contributed by atoms with Gasteiger partial charge >= 0.3 is 18.0 Å². The molecule has 0 heterocycles. The van der Waals surface area contributed by atoms with E-state index in [1.165, 1.54) is 6.42 Å². The lowest BCUT2D eigenvalue weighted by atomic mass is 10.1. The average molecular weight is 595 g/mol. The number of carbonyl (C=O) groups excluding carboxylic acids is 3. The molecule has 0 aliphatic heterocycles. The molecule has 2 amide bonds. The molecule has 1 aromatic rings. The monoisotopic (exact) mass is 594 g/mol. The third kappa shape index (κ3) is 21.8. The van der Waals surface area contributed by atoms with Crippen LogP contribution in [0, 0.1) is 107 Å². The van der Waals surface area contributed by atoms with Crippen molar-refractivity contribution in [2.45, 2.75) is 57.9 Å². The molecule has 222 valence electrons. The van der Waals surface area contributed by atoms with Gasteiger partial charge in [0.05, 0.1) is 6.61 Å². The highest BCUT2D eigenvalue weighted by Gasteiger charge is 2.23. The minimum absolute atomic E-state index is 0.232. The van der Waals surface area contributed by atoms with Crippen molar-refractivity contribution in [1.82, 2.24) is 10.6 Å². The number of ether oxygens (including phenoxy) is 2. The third-order valence-electron chi connectivity index (χ3n) is 5.17. The third-order valence-corrected chi connectivity index (χ3v) is 5.17. The Morgan fingerprint density at radius 3 is 1.84 bits per heavy atom. The normalized spacial score (nSPS) is 8.53. The fourth-order valence-electron chi connectivity index (χ4n) is 3.15. The molecule has 0 saturated carbocycles. The number of urea groups is 1. The van der Waals surface area contributed by atoms with E-state index in [1.807, 2.05) is 30.3 Å². The van der Waals surface area contributed by atoms with Crippen LogP contribution < -0.4 is 10.6 Å². The van der Waals surface area contributed by atoms with Crippen LogP contribution in [0.5, 0.6) is 0 Å². The first-order chi connectivity index (χ1) is 22.1. The molecule has 0 aliphatic carbocycles. The van der Waals surface area contributed by atoms with Crippen LogP contribution in [0.1, 0.15) is 51.0 Å². The minimum Gasteiger partial charge on any atom is -0.464 e. The molecular formula is C38H30N2O5. The summed E-state index contributed by atoms with van der Waals surface area (Å²) >= 11 is 0. The van der Waals surface area contributed by atoms with Gasteiger partial charge in [-0.1, -0.05) is 69.4 Å². The summed E-state index contributed by atoms with van der Waals surface area (Å²) in [5.41, 5.74) is 0.844. The van der Waals surface area contributed by atoms with E-state index in [2.05, 4.69) is 118 Å². The zero-order valence-corrected chi connectivity index (χ0v) is 24.9. The van der Waals surface area contributed by atoms with E-state index in [0.29, 0.717) is 0 Å². The molecule has 0 spiro atoms. The quantitative estimate of drug-likeness (QED) is 0.208. The molecule has 7 nitrogen and oxygen atoms in total. The number of carbonyl (C=O) groups is 3. The first-order valence-electron chi connectivity index (χ1n) is 14.0. The Morgan fingerprint density at radius 2 is 1.27 bits per heavy atom. The van der Waals surface area contributed by atoms with Crippen LogP contribution in [-0.4, -0.2) is 37.2 Å². The van der Waals surface area contributed by atoms with Crippen molar-refractivity contribution < 1.29 is 23.9 Å². The zero-order valence-electron chi connectivity index (χ0n) is 24.9. The first kappa shape index (κ1) is 36.5. The van der Waals surface area contributed by atoms with Gasteiger partial charge in [0.2, 0.25) is 0 Å². The Balaban J connectivity index is 2.48. The van der Waals surface area contributed by atoms with Crippen LogP contribution in [0.2, 0.25) is 0 Å². The van der Waals surface area contributed by atoms with Gasteiger partial charge in [-0.25, -0.2) is 14.4 Å². The molecule has 0 saturated heterocycles. The molecule has 0 aliphatic rings. The van der Waals surface area contributed by atoms with Gasteiger partial charge in [0, 0.05) is 53.8 Å². The van der Waals surface area contributed by atoms with Gasteiger partial charge in [-0.05, 0) is 59.3 Å². The van der Waals surface area contributed by atoms with E-state index in [-0.39, 0.29) is 13.0 Å². The highest BCUT2D eigenvalue weighted by molar-refractivity contribution is 5.86. The number of esters is 2. The van der Waals surface area contributed by atoms with Gasteiger partial charge in [0.25, 0.3) is 0 Å². The summed E-state index contributed by atoms with van der Waals surface area (Å²) in [6.07, 6.45) is 13.6. The number of rotatable bonds is 13. The second kappa shape index (κ2) is 26.4. The van der Waals surface area contributed by atoms with E-state index >= 15 is 0 Å². The summed E-state index contributed by atoms with van der Waals surface area (Å²) < 4.78 is 10.1. The predicted molar refractivity (Wildman–Crippen MR) is 172 cm³/mol. The van der Waals surface area contributed by atoms with Gasteiger partial charge in [-0.2, -0.15) is 0 Å². The SMILES string of the molecule is C#CC#CC#CC#CC#CC#CC#CC#CC#COC(=O)CNC(=O)NC(Cc1ccccc1)C(=O)OCCCCCCCC. The molecule has 1 atom stereocenters. The van der Waals surface area contributed by atoms with Crippen molar-refractivity contribution >= 4 is 18.0 Å². The maximum Gasteiger partial charge on any atom is 0.339 e. The van der Waals surface area contributed by atoms with Gasteiger partial charge < -0.3 is 20.1 Å². The zero-order chi connectivity index (χ0) is 32.6. The van der Waals surface area contributed by atoms with Crippen LogP contribution in [0.4, 0.5) is 4.79 Å². The predicted octanol–water partition coefficient (Wildman–Crippen LogP) is 2.96. The molecule has 1 unspecified atom stereocenters. The number of unbranched alkanes of at least 4 members (excludes halogenated alkanes) is 5. The fourth-order valence-corrected chi connectivity index (χ4v) is 3.15. The van der Waals surface area contributed by atoms with E-state index in [1.54, 1.807) is 0 Å². The highest BCUT2D eigenvalue weighted by Crippen LogP contribution is 2.07. The number of benzene rings is 1. The smallest absolute Gasteiger partial charge is 0.339 e. The van der Waals surface area contributed by atoms with Crippen molar-refractivity contribution in [3.05, 3.63) is 35.9 Å². The number of hydrogen-bond acceptors (Lipinski definition) is 5. The molecule has 1 aromatic carbocycles. The Morgan fingerprint density at radius 1 is 0.733 bits per heavy atom. The standard InChI is InChI=1S/C38H30N2O5/c1-3-5-7-9-11-12-13-14-15-16-17-18-19-20-22-26-30-44-36(41)33-39-38(43)40-35(32-34-28-24-23-25-29-34)37(42)45-31-27-21-10-8-6-4-2/h1,23-25,28-29,35H,4,6,8,10,21,27,31-33H2,2H3,(H2,39,40,43). The number of terminal acetylenes is 1. The van der Waals surface area contributed by atoms with E-state index in [4.69, 9.17) is 15.9 Å². The van der Waals surface area contributed by atoms with Gasteiger partial charge in [-0.15, -0.1) is 6.42 Å². The lowest BCUT2D eigenvalue weighted by Gasteiger charge is -2.18. The van der Waals surface area contributed by atoms with Crippen molar-refractivity contribution in [2.24, 2.45) is 0 Å². The lowest BCUT2D eigenvalue weighted by Crippen LogP contribution is -2.48. The van der Waals surface area contributed by atoms with Crippen LogP contribution in [0.15, 0.2) is 30.3 Å². The summed E-state index contributed by atoms with van der Waals surface area (Å²) in [4.78, 5) is 37.0. The summed E-state index contributed by atoms with van der Waals surface area (Å²) in [5.74, 6) is 37.0. The van der Waals surface area contributed by atoms with E-state index in [9.17, 15) is 14.4 Å².